The zero-order valence-corrected chi connectivity index (χ0v) is 10.3. The molecule has 0 unspecified atom stereocenters. The maximum Gasteiger partial charge on any atom is 0.273 e. The fraction of sp³-hybridized carbons (Fsp3) is 0.700. The smallest absolute Gasteiger partial charge is 0.273 e. The topological polar surface area (TPSA) is 80.0 Å². The van der Waals surface area contributed by atoms with Gasteiger partial charge in [-0.25, -0.2) is 0 Å². The van der Waals surface area contributed by atoms with Gasteiger partial charge in [0.2, 0.25) is 0 Å². The molecule has 6 heteroatoms. The fourth-order valence-electron chi connectivity index (χ4n) is 0.952. The highest BCUT2D eigenvalue weighted by atomic mass is 16.3. The lowest BCUT2D eigenvalue weighted by atomic mass is 9.86. The van der Waals surface area contributed by atoms with Gasteiger partial charge >= 0.3 is 0 Å². The quantitative estimate of drug-likeness (QED) is 0.765. The fourth-order valence-corrected chi connectivity index (χ4v) is 0.952. The summed E-state index contributed by atoms with van der Waals surface area (Å²) >= 11 is 0. The van der Waals surface area contributed by atoms with Crippen LogP contribution in [0.25, 0.3) is 0 Å². The second kappa shape index (κ2) is 3.86. The van der Waals surface area contributed by atoms with Crippen LogP contribution in [0.15, 0.2) is 6.20 Å². The van der Waals surface area contributed by atoms with E-state index in [0.29, 0.717) is 0 Å². The summed E-state index contributed by atoms with van der Waals surface area (Å²) in [6, 6.07) is 0. The molecule has 0 aromatic carbocycles. The van der Waals surface area contributed by atoms with Crippen LogP contribution < -0.4 is 5.32 Å². The third-order valence-corrected chi connectivity index (χ3v) is 2.79. The van der Waals surface area contributed by atoms with Gasteiger partial charge in [0.05, 0.1) is 17.3 Å². The molecule has 0 aliphatic rings. The number of hydrogen-bond acceptors (Lipinski definition) is 4. The molecular weight excluding hydrogens is 208 g/mol. The molecule has 0 saturated heterocycles. The Morgan fingerprint density at radius 1 is 1.44 bits per heavy atom. The van der Waals surface area contributed by atoms with E-state index < -0.39 is 11.1 Å². The molecular formula is C10H18N4O2. The van der Waals surface area contributed by atoms with Crippen molar-refractivity contribution in [2.24, 2.45) is 7.05 Å². The number of aromatic nitrogens is 3. The summed E-state index contributed by atoms with van der Waals surface area (Å²) in [5.74, 6) is -0.347. The molecule has 90 valence electrons. The second-order valence-corrected chi connectivity index (χ2v) is 4.92. The molecule has 0 aliphatic heterocycles. The van der Waals surface area contributed by atoms with Crippen molar-refractivity contribution in [1.29, 1.82) is 0 Å². The van der Waals surface area contributed by atoms with E-state index in [0.717, 1.165) is 0 Å². The Morgan fingerprint density at radius 2 is 2.00 bits per heavy atom. The predicted molar refractivity (Wildman–Crippen MR) is 58.8 cm³/mol. The molecule has 6 nitrogen and oxygen atoms in total. The maximum absolute atomic E-state index is 11.8. The molecule has 0 saturated carbocycles. The molecule has 1 rings (SSSR count). The van der Waals surface area contributed by atoms with Crippen LogP contribution in [0.2, 0.25) is 0 Å². The van der Waals surface area contributed by atoms with Crippen molar-refractivity contribution in [2.45, 2.75) is 38.8 Å². The average Bonchev–Trinajstić information content (AvgIpc) is 2.48. The highest BCUT2D eigenvalue weighted by molar-refractivity contribution is 5.92. The van der Waals surface area contributed by atoms with Crippen LogP contribution in [0.3, 0.4) is 0 Å². The Morgan fingerprint density at radius 3 is 2.38 bits per heavy atom. The molecule has 0 bridgehead atoms. The number of carbonyl (C=O) groups excluding carboxylic acids is 1. The van der Waals surface area contributed by atoms with E-state index in [-0.39, 0.29) is 11.6 Å². The Balaban J connectivity index is 2.79. The van der Waals surface area contributed by atoms with Gasteiger partial charge in [0.25, 0.3) is 5.91 Å². The highest BCUT2D eigenvalue weighted by Gasteiger charge is 2.36. The summed E-state index contributed by atoms with van der Waals surface area (Å²) in [5, 5.41) is 20.0. The van der Waals surface area contributed by atoms with E-state index in [9.17, 15) is 9.90 Å². The van der Waals surface area contributed by atoms with Gasteiger partial charge in [-0.3, -0.25) is 9.48 Å². The zero-order valence-electron chi connectivity index (χ0n) is 10.3. The summed E-state index contributed by atoms with van der Waals surface area (Å²) in [6.07, 6.45) is 1.52. The molecule has 1 heterocycles. The van der Waals surface area contributed by atoms with Crippen LogP contribution in [0.5, 0.6) is 0 Å². The molecule has 1 aromatic heterocycles. The van der Waals surface area contributed by atoms with E-state index in [1.165, 1.54) is 10.9 Å². The first-order chi connectivity index (χ1) is 7.13. The molecule has 0 fully saturated rings. The minimum Gasteiger partial charge on any atom is -0.388 e. The highest BCUT2D eigenvalue weighted by Crippen LogP contribution is 2.20. The Kier molecular flexibility index (Phi) is 3.05. The van der Waals surface area contributed by atoms with Gasteiger partial charge in [0, 0.05) is 7.05 Å². The lowest BCUT2D eigenvalue weighted by Gasteiger charge is -2.37. The van der Waals surface area contributed by atoms with Crippen molar-refractivity contribution < 1.29 is 9.90 Å². The number of amides is 1. The summed E-state index contributed by atoms with van der Waals surface area (Å²) in [6.45, 7) is 6.79. The molecule has 0 spiro atoms. The maximum atomic E-state index is 11.8. The Bertz CT molecular complexity index is 390. The third-order valence-electron chi connectivity index (χ3n) is 2.79. The predicted octanol–water partition coefficient (Wildman–Crippen LogP) is 0.0944. The van der Waals surface area contributed by atoms with Gasteiger partial charge in [-0.05, 0) is 27.7 Å². The van der Waals surface area contributed by atoms with Crippen molar-refractivity contribution in [2.75, 3.05) is 0 Å². The first-order valence-electron chi connectivity index (χ1n) is 5.05. The van der Waals surface area contributed by atoms with Crippen molar-refractivity contribution in [3.63, 3.8) is 0 Å². The van der Waals surface area contributed by atoms with Crippen molar-refractivity contribution in [3.05, 3.63) is 11.9 Å². The number of nitrogens with zero attached hydrogens (tertiary/aromatic N) is 3. The first kappa shape index (κ1) is 12.6. The van der Waals surface area contributed by atoms with Crippen molar-refractivity contribution in [1.82, 2.24) is 20.3 Å². The van der Waals surface area contributed by atoms with Gasteiger partial charge in [-0.1, -0.05) is 5.21 Å². The van der Waals surface area contributed by atoms with E-state index in [4.69, 9.17) is 0 Å². The zero-order chi connectivity index (χ0) is 12.6. The summed E-state index contributed by atoms with van der Waals surface area (Å²) < 4.78 is 1.45. The van der Waals surface area contributed by atoms with Gasteiger partial charge in [0.1, 0.15) is 0 Å². The van der Waals surface area contributed by atoms with Crippen LogP contribution in [0.1, 0.15) is 38.2 Å². The van der Waals surface area contributed by atoms with Gasteiger partial charge in [-0.2, -0.15) is 0 Å². The van der Waals surface area contributed by atoms with Crippen LogP contribution in [-0.2, 0) is 7.05 Å². The largest absolute Gasteiger partial charge is 0.388 e. The van der Waals surface area contributed by atoms with Crippen LogP contribution in [0, 0.1) is 0 Å². The molecule has 1 aromatic rings. The minimum atomic E-state index is -1.02. The van der Waals surface area contributed by atoms with E-state index in [2.05, 4.69) is 15.6 Å². The van der Waals surface area contributed by atoms with Crippen LogP contribution >= 0.6 is 0 Å². The van der Waals surface area contributed by atoms with E-state index in [1.54, 1.807) is 34.7 Å². The monoisotopic (exact) mass is 226 g/mol. The molecule has 1 amide bonds. The van der Waals surface area contributed by atoms with E-state index >= 15 is 0 Å². The van der Waals surface area contributed by atoms with Gasteiger partial charge in [-0.15, -0.1) is 5.10 Å². The number of hydrogen-bond donors (Lipinski definition) is 2. The number of carbonyl (C=O) groups is 1. The van der Waals surface area contributed by atoms with E-state index in [1.807, 2.05) is 0 Å². The standard InChI is InChI=1S/C10H18N4O2/c1-9(2,10(3,4)16)11-8(15)7-6-14(5)13-12-7/h6,16H,1-5H3,(H,11,15). The minimum absolute atomic E-state index is 0.236. The lowest BCUT2D eigenvalue weighted by Crippen LogP contribution is -2.57. The number of aliphatic hydroxyl groups is 1. The molecule has 16 heavy (non-hydrogen) atoms. The molecule has 2 N–H and O–H groups in total. The summed E-state index contributed by atoms with van der Waals surface area (Å²) in [7, 11) is 1.69. The molecule has 0 atom stereocenters. The molecule has 0 aliphatic carbocycles. The summed E-state index contributed by atoms with van der Waals surface area (Å²) in [4.78, 5) is 11.8. The van der Waals surface area contributed by atoms with Gasteiger partial charge < -0.3 is 10.4 Å². The van der Waals surface area contributed by atoms with Crippen LogP contribution in [0.4, 0.5) is 0 Å². The average molecular weight is 226 g/mol. The number of rotatable bonds is 3. The summed E-state index contributed by atoms with van der Waals surface area (Å²) in [5.41, 5.74) is -1.54. The SMILES string of the molecule is Cn1cc(C(=O)NC(C)(C)C(C)(C)O)nn1. The third kappa shape index (κ3) is 2.57. The second-order valence-electron chi connectivity index (χ2n) is 4.92. The number of aryl methyl sites for hydroxylation is 1. The van der Waals surface area contributed by atoms with Crippen molar-refractivity contribution >= 4 is 5.91 Å². The van der Waals surface area contributed by atoms with Crippen molar-refractivity contribution in [3.8, 4) is 0 Å². The van der Waals surface area contributed by atoms with Crippen LogP contribution in [-0.4, -0.2) is 37.1 Å². The molecule has 0 radical (unpaired) electrons. The van der Waals surface area contributed by atoms with Gasteiger partial charge in [0.15, 0.2) is 5.69 Å². The Hall–Kier alpha value is -1.43. The Labute approximate surface area is 94.7 Å². The number of nitrogens with one attached hydrogen (secondary N) is 1. The first-order valence-corrected chi connectivity index (χ1v) is 5.05. The normalized spacial score (nSPS) is 12.6. The lowest BCUT2D eigenvalue weighted by molar-refractivity contribution is -0.00302.